The number of nitrogens with zero attached hydrogens (tertiary/aromatic N) is 1. The van der Waals surface area contributed by atoms with E-state index in [2.05, 4.69) is 0 Å². The number of para-hydroxylation sites is 1. The van der Waals surface area contributed by atoms with Crippen LogP contribution >= 0.6 is 0 Å². The van der Waals surface area contributed by atoms with Crippen molar-refractivity contribution < 1.29 is 18.7 Å². The van der Waals surface area contributed by atoms with Crippen LogP contribution in [0.1, 0.15) is 56.2 Å². The SMILES string of the molecule is Cc1c(C(=O)O[C@@H](C)C(=O)N2[C@@H](C)CCC[C@@H]2C)oc2ccccc12. The van der Waals surface area contributed by atoms with Crippen LogP contribution in [0.25, 0.3) is 11.0 Å². The fourth-order valence-corrected chi connectivity index (χ4v) is 3.70. The van der Waals surface area contributed by atoms with Crippen LogP contribution in [0.15, 0.2) is 28.7 Å². The molecule has 2 aromatic rings. The molecule has 1 fully saturated rings. The molecule has 1 aliphatic heterocycles. The number of carbonyl (C=O) groups is 2. The lowest BCUT2D eigenvalue weighted by atomic mass is 9.97. The quantitative estimate of drug-likeness (QED) is 0.788. The van der Waals surface area contributed by atoms with Crippen molar-refractivity contribution >= 4 is 22.8 Å². The number of furan rings is 1. The first kappa shape index (κ1) is 17.5. The zero-order valence-corrected chi connectivity index (χ0v) is 15.2. The van der Waals surface area contributed by atoms with E-state index in [1.807, 2.05) is 49.9 Å². The number of hydrogen-bond acceptors (Lipinski definition) is 4. The molecule has 3 atom stereocenters. The van der Waals surface area contributed by atoms with Crippen molar-refractivity contribution in [3.05, 3.63) is 35.6 Å². The van der Waals surface area contributed by atoms with Gasteiger partial charge in [0.2, 0.25) is 5.76 Å². The average Bonchev–Trinajstić information content (AvgIpc) is 2.92. The molecule has 0 unspecified atom stereocenters. The molecule has 0 spiro atoms. The van der Waals surface area contributed by atoms with Gasteiger partial charge in [0.1, 0.15) is 5.58 Å². The molecule has 1 aliphatic rings. The summed E-state index contributed by atoms with van der Waals surface area (Å²) >= 11 is 0. The molecule has 1 aromatic carbocycles. The highest BCUT2D eigenvalue weighted by Gasteiger charge is 2.34. The van der Waals surface area contributed by atoms with Gasteiger partial charge in [0.25, 0.3) is 5.91 Å². The number of likely N-dealkylation sites (tertiary alicyclic amines) is 1. The van der Waals surface area contributed by atoms with E-state index >= 15 is 0 Å². The molecule has 25 heavy (non-hydrogen) atoms. The van der Waals surface area contributed by atoms with E-state index in [1.54, 1.807) is 6.92 Å². The van der Waals surface area contributed by atoms with Crippen molar-refractivity contribution in [1.82, 2.24) is 4.90 Å². The van der Waals surface area contributed by atoms with E-state index in [-0.39, 0.29) is 23.8 Å². The molecule has 0 radical (unpaired) electrons. The summed E-state index contributed by atoms with van der Waals surface area (Å²) < 4.78 is 11.1. The summed E-state index contributed by atoms with van der Waals surface area (Å²) in [6.45, 7) is 7.55. The molecule has 0 bridgehead atoms. The predicted octanol–water partition coefficient (Wildman–Crippen LogP) is 4.08. The number of fused-ring (bicyclic) bond motifs is 1. The van der Waals surface area contributed by atoms with Crippen molar-refractivity contribution in [1.29, 1.82) is 0 Å². The molecule has 0 N–H and O–H groups in total. The molecule has 5 nitrogen and oxygen atoms in total. The van der Waals surface area contributed by atoms with Gasteiger partial charge in [-0.25, -0.2) is 4.79 Å². The molecule has 5 heteroatoms. The normalized spacial score (nSPS) is 22.0. The van der Waals surface area contributed by atoms with Crippen LogP contribution in [0.2, 0.25) is 0 Å². The van der Waals surface area contributed by atoms with Crippen LogP contribution < -0.4 is 0 Å². The number of esters is 1. The minimum absolute atomic E-state index is 0.137. The van der Waals surface area contributed by atoms with Gasteiger partial charge in [-0.3, -0.25) is 4.79 Å². The number of hydrogen-bond donors (Lipinski definition) is 0. The van der Waals surface area contributed by atoms with Gasteiger partial charge in [0, 0.05) is 23.0 Å². The fourth-order valence-electron chi connectivity index (χ4n) is 3.70. The van der Waals surface area contributed by atoms with Crippen LogP contribution in [0.4, 0.5) is 0 Å². The molecular weight excluding hydrogens is 318 g/mol. The highest BCUT2D eigenvalue weighted by atomic mass is 16.6. The number of rotatable bonds is 3. The highest BCUT2D eigenvalue weighted by molar-refractivity contribution is 5.97. The van der Waals surface area contributed by atoms with Crippen molar-refractivity contribution in [2.75, 3.05) is 0 Å². The molecule has 0 aliphatic carbocycles. The van der Waals surface area contributed by atoms with E-state index < -0.39 is 12.1 Å². The zero-order valence-electron chi connectivity index (χ0n) is 15.2. The minimum atomic E-state index is -0.830. The maximum absolute atomic E-state index is 12.8. The molecule has 1 saturated heterocycles. The second-order valence-corrected chi connectivity index (χ2v) is 6.97. The first-order chi connectivity index (χ1) is 11.9. The number of carbonyl (C=O) groups excluding carboxylic acids is 2. The lowest BCUT2D eigenvalue weighted by Crippen LogP contribution is -2.51. The van der Waals surface area contributed by atoms with Gasteiger partial charge in [-0.15, -0.1) is 0 Å². The lowest BCUT2D eigenvalue weighted by molar-refractivity contribution is -0.146. The van der Waals surface area contributed by atoms with Gasteiger partial charge in [0.15, 0.2) is 6.10 Å². The van der Waals surface area contributed by atoms with E-state index in [9.17, 15) is 9.59 Å². The van der Waals surface area contributed by atoms with Gasteiger partial charge in [-0.2, -0.15) is 0 Å². The van der Waals surface area contributed by atoms with E-state index in [0.717, 1.165) is 30.2 Å². The van der Waals surface area contributed by atoms with Crippen molar-refractivity contribution in [2.45, 2.75) is 65.1 Å². The smallest absolute Gasteiger partial charge is 0.375 e. The Bertz CT molecular complexity index is 784. The van der Waals surface area contributed by atoms with Crippen molar-refractivity contribution in [3.63, 3.8) is 0 Å². The van der Waals surface area contributed by atoms with Crippen molar-refractivity contribution in [3.8, 4) is 0 Å². The Kier molecular flexibility index (Phi) is 4.84. The second kappa shape index (κ2) is 6.90. The van der Waals surface area contributed by atoms with Gasteiger partial charge in [-0.1, -0.05) is 18.2 Å². The third-order valence-electron chi connectivity index (χ3n) is 5.11. The summed E-state index contributed by atoms with van der Waals surface area (Å²) in [5.41, 5.74) is 1.38. The number of amides is 1. The van der Waals surface area contributed by atoms with Gasteiger partial charge in [0.05, 0.1) is 0 Å². The van der Waals surface area contributed by atoms with E-state index in [1.165, 1.54) is 0 Å². The van der Waals surface area contributed by atoms with Gasteiger partial charge in [-0.05, 0) is 53.0 Å². The predicted molar refractivity (Wildman–Crippen MR) is 95.4 cm³/mol. The Morgan fingerprint density at radius 1 is 1.20 bits per heavy atom. The maximum Gasteiger partial charge on any atom is 0.375 e. The molecule has 134 valence electrons. The molecule has 1 amide bonds. The Balaban J connectivity index is 1.75. The monoisotopic (exact) mass is 343 g/mol. The summed E-state index contributed by atoms with van der Waals surface area (Å²) in [6, 6.07) is 7.80. The van der Waals surface area contributed by atoms with Crippen LogP contribution in [0.5, 0.6) is 0 Å². The topological polar surface area (TPSA) is 59.8 Å². The third kappa shape index (κ3) is 3.28. The minimum Gasteiger partial charge on any atom is -0.449 e. The van der Waals surface area contributed by atoms with E-state index in [0.29, 0.717) is 5.58 Å². The molecular formula is C20H25NO4. The molecule has 0 saturated carbocycles. The van der Waals surface area contributed by atoms with Gasteiger partial charge < -0.3 is 14.1 Å². The van der Waals surface area contributed by atoms with Gasteiger partial charge >= 0.3 is 5.97 Å². The molecule has 2 heterocycles. The lowest BCUT2D eigenvalue weighted by Gasteiger charge is -2.40. The standard InChI is InChI=1S/C20H25NO4/c1-12-8-7-9-13(2)21(12)19(22)15(4)24-20(23)18-14(3)16-10-5-6-11-17(16)25-18/h5-6,10-13,15H,7-9H2,1-4H3/t12-,13-,15-/m0/s1. The second-order valence-electron chi connectivity index (χ2n) is 6.97. The van der Waals surface area contributed by atoms with Crippen LogP contribution in [0, 0.1) is 6.92 Å². The Labute approximate surface area is 147 Å². The van der Waals surface area contributed by atoms with Crippen molar-refractivity contribution in [2.24, 2.45) is 0 Å². The molecule has 3 rings (SSSR count). The van der Waals surface area contributed by atoms with Crippen LogP contribution in [0.3, 0.4) is 0 Å². The fraction of sp³-hybridized carbons (Fsp3) is 0.500. The molecule has 1 aromatic heterocycles. The van der Waals surface area contributed by atoms with E-state index in [4.69, 9.17) is 9.15 Å². The first-order valence-corrected chi connectivity index (χ1v) is 8.91. The Hall–Kier alpha value is -2.30. The summed E-state index contributed by atoms with van der Waals surface area (Å²) in [6.07, 6.45) is 2.26. The Morgan fingerprint density at radius 2 is 1.84 bits per heavy atom. The number of ether oxygens (including phenoxy) is 1. The number of piperidine rings is 1. The number of aryl methyl sites for hydroxylation is 1. The first-order valence-electron chi connectivity index (χ1n) is 8.91. The highest BCUT2D eigenvalue weighted by Crippen LogP contribution is 2.27. The number of benzene rings is 1. The maximum atomic E-state index is 12.8. The third-order valence-corrected chi connectivity index (χ3v) is 5.11. The largest absolute Gasteiger partial charge is 0.449 e. The summed E-state index contributed by atoms with van der Waals surface area (Å²) in [4.78, 5) is 27.1. The summed E-state index contributed by atoms with van der Waals surface area (Å²) in [5.74, 6) is -0.561. The average molecular weight is 343 g/mol. The zero-order chi connectivity index (χ0) is 18.1. The summed E-state index contributed by atoms with van der Waals surface area (Å²) in [5, 5.41) is 0.881. The van der Waals surface area contributed by atoms with Crippen LogP contribution in [-0.4, -0.2) is 35.0 Å². The Morgan fingerprint density at radius 3 is 2.48 bits per heavy atom. The summed E-state index contributed by atoms with van der Waals surface area (Å²) in [7, 11) is 0. The van der Waals surface area contributed by atoms with Crippen LogP contribution in [-0.2, 0) is 9.53 Å².